The molecule has 0 spiro atoms. The minimum atomic E-state index is -0.446. The van der Waals surface area contributed by atoms with E-state index in [0.29, 0.717) is 10.6 Å². The topological polar surface area (TPSA) is 55.4 Å². The van der Waals surface area contributed by atoms with Crippen LogP contribution in [-0.2, 0) is 9.53 Å². The molecule has 1 aromatic heterocycles. The van der Waals surface area contributed by atoms with Crippen LogP contribution in [0.2, 0.25) is 0 Å². The third-order valence-electron chi connectivity index (χ3n) is 3.76. The average Bonchev–Trinajstić information content (AvgIpc) is 2.92. The number of rotatable bonds is 4. The fourth-order valence-corrected chi connectivity index (χ4v) is 3.09. The summed E-state index contributed by atoms with van der Waals surface area (Å²) < 4.78 is 4.91. The van der Waals surface area contributed by atoms with E-state index in [-0.39, 0.29) is 11.8 Å². The van der Waals surface area contributed by atoms with Gasteiger partial charge in [0, 0.05) is 16.9 Å². The number of anilines is 1. The average molecular weight is 331 g/mol. The van der Waals surface area contributed by atoms with Crippen LogP contribution in [0.4, 0.5) is 5.00 Å². The van der Waals surface area contributed by atoms with Gasteiger partial charge in [0.1, 0.15) is 10.6 Å². The molecule has 23 heavy (non-hydrogen) atoms. The van der Waals surface area contributed by atoms with Gasteiger partial charge in [-0.25, -0.2) is 4.79 Å². The van der Waals surface area contributed by atoms with Crippen molar-refractivity contribution in [2.75, 3.05) is 12.4 Å². The Morgan fingerprint density at radius 2 is 1.87 bits per heavy atom. The van der Waals surface area contributed by atoms with Crippen molar-refractivity contribution >= 4 is 28.2 Å². The van der Waals surface area contributed by atoms with Gasteiger partial charge in [-0.1, -0.05) is 32.0 Å². The Morgan fingerprint density at radius 1 is 1.17 bits per heavy atom. The highest BCUT2D eigenvalue weighted by molar-refractivity contribution is 7.15. The van der Waals surface area contributed by atoms with Crippen LogP contribution in [-0.4, -0.2) is 19.0 Å². The number of nitrogens with one attached hydrogen (secondary N) is 1. The predicted octanol–water partition coefficient (Wildman–Crippen LogP) is 4.41. The number of thiophene rings is 1. The molecule has 0 saturated carbocycles. The lowest BCUT2D eigenvalue weighted by Gasteiger charge is -2.10. The van der Waals surface area contributed by atoms with E-state index in [1.807, 2.05) is 51.3 Å². The van der Waals surface area contributed by atoms with Gasteiger partial charge < -0.3 is 10.1 Å². The molecule has 1 amide bonds. The van der Waals surface area contributed by atoms with Crippen LogP contribution in [0, 0.1) is 19.8 Å². The molecule has 0 fully saturated rings. The van der Waals surface area contributed by atoms with Crippen LogP contribution in [0.25, 0.3) is 11.1 Å². The molecule has 122 valence electrons. The monoisotopic (exact) mass is 331 g/mol. The zero-order chi connectivity index (χ0) is 17.1. The summed E-state index contributed by atoms with van der Waals surface area (Å²) >= 11 is 1.34. The summed E-state index contributed by atoms with van der Waals surface area (Å²) in [7, 11) is 1.35. The van der Waals surface area contributed by atoms with Gasteiger partial charge in [0.05, 0.1) is 7.11 Å². The zero-order valence-electron chi connectivity index (χ0n) is 14.0. The molecule has 0 unspecified atom stereocenters. The van der Waals surface area contributed by atoms with Crippen molar-refractivity contribution in [3.05, 3.63) is 40.3 Å². The maximum atomic E-state index is 12.2. The van der Waals surface area contributed by atoms with E-state index < -0.39 is 5.97 Å². The van der Waals surface area contributed by atoms with Gasteiger partial charge in [-0.3, -0.25) is 4.79 Å². The number of esters is 1. The van der Waals surface area contributed by atoms with Gasteiger partial charge in [-0.05, 0) is 30.5 Å². The number of methoxy groups -OCH3 is 1. The SMILES string of the molecule is COC(=O)c1c(-c2ccc(C)c(C)c2)csc1NC(=O)C(C)C. The maximum absolute atomic E-state index is 12.2. The molecule has 0 aliphatic heterocycles. The smallest absolute Gasteiger partial charge is 0.341 e. The first kappa shape index (κ1) is 17.2. The number of hydrogen-bond donors (Lipinski definition) is 1. The van der Waals surface area contributed by atoms with E-state index in [1.54, 1.807) is 0 Å². The largest absolute Gasteiger partial charge is 0.465 e. The first-order chi connectivity index (χ1) is 10.8. The minimum absolute atomic E-state index is 0.122. The van der Waals surface area contributed by atoms with E-state index in [1.165, 1.54) is 24.0 Å². The lowest BCUT2D eigenvalue weighted by atomic mass is 9.99. The van der Waals surface area contributed by atoms with Crippen molar-refractivity contribution in [3.63, 3.8) is 0 Å². The lowest BCUT2D eigenvalue weighted by Crippen LogP contribution is -2.18. The summed E-state index contributed by atoms with van der Waals surface area (Å²) in [6.45, 7) is 7.70. The number of hydrogen-bond acceptors (Lipinski definition) is 4. The quantitative estimate of drug-likeness (QED) is 0.844. The predicted molar refractivity (Wildman–Crippen MR) is 94.0 cm³/mol. The van der Waals surface area contributed by atoms with E-state index in [9.17, 15) is 9.59 Å². The standard InChI is InChI=1S/C18H21NO3S/c1-10(2)16(20)19-17-15(18(21)22-5)14(9-23-17)13-7-6-11(3)12(4)8-13/h6-10H,1-5H3,(H,19,20). The fourth-order valence-electron chi connectivity index (χ4n) is 2.13. The van der Waals surface area contributed by atoms with Gasteiger partial charge in [-0.15, -0.1) is 11.3 Å². The number of ether oxygens (including phenoxy) is 1. The summed E-state index contributed by atoms with van der Waals surface area (Å²) in [5.41, 5.74) is 4.47. The molecular weight excluding hydrogens is 310 g/mol. The molecular formula is C18H21NO3S. The number of carbonyl (C=O) groups is 2. The summed E-state index contributed by atoms with van der Waals surface area (Å²) in [4.78, 5) is 24.2. The molecule has 1 N–H and O–H groups in total. The van der Waals surface area contributed by atoms with E-state index >= 15 is 0 Å². The van der Waals surface area contributed by atoms with E-state index in [0.717, 1.165) is 16.7 Å². The first-order valence-corrected chi connectivity index (χ1v) is 8.31. The Balaban J connectivity index is 2.51. The number of carbonyl (C=O) groups excluding carboxylic acids is 2. The molecule has 0 radical (unpaired) electrons. The van der Waals surface area contributed by atoms with E-state index in [4.69, 9.17) is 4.74 Å². The van der Waals surface area contributed by atoms with Gasteiger partial charge in [0.25, 0.3) is 0 Å². The first-order valence-electron chi connectivity index (χ1n) is 7.43. The zero-order valence-corrected chi connectivity index (χ0v) is 14.8. The van der Waals surface area contributed by atoms with Crippen LogP contribution in [0.1, 0.15) is 35.3 Å². The normalized spacial score (nSPS) is 10.7. The van der Waals surface area contributed by atoms with Crippen molar-refractivity contribution in [1.82, 2.24) is 0 Å². The molecule has 1 aromatic carbocycles. The number of aryl methyl sites for hydroxylation is 2. The van der Waals surface area contributed by atoms with Gasteiger partial charge >= 0.3 is 5.97 Å². The highest BCUT2D eigenvalue weighted by Gasteiger charge is 2.23. The second-order valence-corrected chi connectivity index (χ2v) is 6.67. The van der Waals surface area contributed by atoms with Gasteiger partial charge in [0.15, 0.2) is 0 Å². The van der Waals surface area contributed by atoms with Crippen LogP contribution in [0.5, 0.6) is 0 Å². The van der Waals surface area contributed by atoms with Crippen molar-refractivity contribution in [1.29, 1.82) is 0 Å². The molecule has 0 atom stereocenters. The summed E-state index contributed by atoms with van der Waals surface area (Å²) in [5.74, 6) is -0.727. The lowest BCUT2D eigenvalue weighted by molar-refractivity contribution is -0.118. The molecule has 0 bridgehead atoms. The Hall–Kier alpha value is -2.14. The molecule has 2 rings (SSSR count). The second kappa shape index (κ2) is 6.96. The highest BCUT2D eigenvalue weighted by atomic mass is 32.1. The summed E-state index contributed by atoms with van der Waals surface area (Å²) in [6.07, 6.45) is 0. The molecule has 0 aliphatic carbocycles. The Kier molecular flexibility index (Phi) is 5.21. The number of amides is 1. The molecule has 0 saturated heterocycles. The third kappa shape index (κ3) is 3.62. The molecule has 4 nitrogen and oxygen atoms in total. The highest BCUT2D eigenvalue weighted by Crippen LogP contribution is 2.37. The van der Waals surface area contributed by atoms with Crippen LogP contribution >= 0.6 is 11.3 Å². The Bertz CT molecular complexity index is 747. The molecule has 0 aliphatic rings. The second-order valence-electron chi connectivity index (χ2n) is 5.79. The van der Waals surface area contributed by atoms with Crippen LogP contribution < -0.4 is 5.32 Å². The van der Waals surface area contributed by atoms with Crippen molar-refractivity contribution in [3.8, 4) is 11.1 Å². The van der Waals surface area contributed by atoms with Gasteiger partial charge in [0.2, 0.25) is 5.91 Å². The molecule has 2 aromatic rings. The van der Waals surface area contributed by atoms with Crippen LogP contribution in [0.3, 0.4) is 0 Å². The molecule has 1 heterocycles. The van der Waals surface area contributed by atoms with Crippen molar-refractivity contribution in [2.24, 2.45) is 5.92 Å². The van der Waals surface area contributed by atoms with Crippen molar-refractivity contribution < 1.29 is 14.3 Å². The van der Waals surface area contributed by atoms with Gasteiger partial charge in [-0.2, -0.15) is 0 Å². The van der Waals surface area contributed by atoms with Crippen molar-refractivity contribution in [2.45, 2.75) is 27.7 Å². The third-order valence-corrected chi connectivity index (χ3v) is 4.66. The summed E-state index contributed by atoms with van der Waals surface area (Å²) in [5, 5.41) is 5.23. The fraction of sp³-hybridized carbons (Fsp3) is 0.333. The molecule has 5 heteroatoms. The number of benzene rings is 1. The van der Waals surface area contributed by atoms with E-state index in [2.05, 4.69) is 5.32 Å². The Labute approximate surface area is 140 Å². The Morgan fingerprint density at radius 3 is 2.43 bits per heavy atom. The van der Waals surface area contributed by atoms with Crippen LogP contribution in [0.15, 0.2) is 23.6 Å². The minimum Gasteiger partial charge on any atom is -0.465 e. The summed E-state index contributed by atoms with van der Waals surface area (Å²) in [6, 6.07) is 6.04. The maximum Gasteiger partial charge on any atom is 0.341 e.